The van der Waals surface area contributed by atoms with Crippen molar-refractivity contribution in [3.8, 4) is 0 Å². The summed E-state index contributed by atoms with van der Waals surface area (Å²) < 4.78 is 13.5. The molecule has 1 saturated heterocycles. The quantitative estimate of drug-likeness (QED) is 0.588. The van der Waals surface area contributed by atoms with Gasteiger partial charge in [0.05, 0.1) is 6.04 Å². The first-order valence-corrected chi connectivity index (χ1v) is 11.6. The Hall–Kier alpha value is -2.54. The number of halogens is 1. The largest absolute Gasteiger partial charge is 0.348 e. The third-order valence-corrected chi connectivity index (χ3v) is 6.75. The van der Waals surface area contributed by atoms with Gasteiger partial charge in [-0.05, 0) is 42.1 Å². The molecule has 0 unspecified atom stereocenters. The number of benzene rings is 2. The predicted octanol–water partition coefficient (Wildman–Crippen LogP) is 4.56. The zero-order valence-corrected chi connectivity index (χ0v) is 18.5. The highest BCUT2D eigenvalue weighted by Gasteiger charge is 2.31. The molecule has 1 amide bonds. The first kappa shape index (κ1) is 21.7. The summed E-state index contributed by atoms with van der Waals surface area (Å²) >= 11 is 1.72. The van der Waals surface area contributed by atoms with E-state index in [0.717, 1.165) is 32.7 Å². The maximum Gasteiger partial charge on any atom is 0.251 e. The average molecular weight is 438 g/mol. The van der Waals surface area contributed by atoms with Crippen molar-refractivity contribution in [1.82, 2.24) is 15.1 Å². The Labute approximate surface area is 187 Å². The maximum absolute atomic E-state index is 13.5. The Morgan fingerprint density at radius 1 is 1.03 bits per heavy atom. The van der Waals surface area contributed by atoms with Crippen LogP contribution in [0.3, 0.4) is 0 Å². The Bertz CT molecular complexity index is 971. The number of hydrogen-bond donors (Lipinski definition) is 1. The van der Waals surface area contributed by atoms with E-state index in [9.17, 15) is 9.18 Å². The van der Waals surface area contributed by atoms with Crippen LogP contribution in [-0.4, -0.2) is 47.9 Å². The number of nitrogens with zero attached hydrogens (tertiary/aromatic N) is 2. The monoisotopic (exact) mass is 437 g/mol. The molecule has 162 valence electrons. The van der Waals surface area contributed by atoms with Crippen molar-refractivity contribution in [2.45, 2.75) is 25.6 Å². The molecule has 2 aromatic carbocycles. The van der Waals surface area contributed by atoms with Crippen LogP contribution in [0, 0.1) is 5.82 Å². The van der Waals surface area contributed by atoms with Crippen LogP contribution in [0.1, 0.15) is 33.8 Å². The summed E-state index contributed by atoms with van der Waals surface area (Å²) in [6.07, 6.45) is 0. The molecule has 2 heterocycles. The molecule has 0 bridgehead atoms. The molecule has 1 aliphatic heterocycles. The molecule has 3 aromatic rings. The van der Waals surface area contributed by atoms with Crippen molar-refractivity contribution in [2.24, 2.45) is 0 Å². The van der Waals surface area contributed by atoms with Crippen LogP contribution < -0.4 is 5.32 Å². The number of carbonyl (C=O) groups is 1. The van der Waals surface area contributed by atoms with Gasteiger partial charge in [-0.25, -0.2) is 4.39 Å². The lowest BCUT2D eigenvalue weighted by Crippen LogP contribution is -2.52. The van der Waals surface area contributed by atoms with Crippen molar-refractivity contribution in [2.75, 3.05) is 26.2 Å². The minimum absolute atomic E-state index is 0.0939. The molecule has 1 aliphatic rings. The van der Waals surface area contributed by atoms with Crippen LogP contribution in [0.15, 0.2) is 72.1 Å². The number of rotatable bonds is 7. The number of hydrogen-bond acceptors (Lipinski definition) is 4. The molecule has 1 fully saturated rings. The smallest absolute Gasteiger partial charge is 0.251 e. The lowest BCUT2D eigenvalue weighted by molar-refractivity contribution is 0.0714. The lowest BCUT2D eigenvalue weighted by atomic mass is 10.0. The third kappa shape index (κ3) is 5.58. The highest BCUT2D eigenvalue weighted by Crippen LogP contribution is 2.29. The zero-order chi connectivity index (χ0) is 21.6. The summed E-state index contributed by atoms with van der Waals surface area (Å²) in [5.41, 5.74) is 1.69. The summed E-state index contributed by atoms with van der Waals surface area (Å²) in [7, 11) is 0. The van der Waals surface area contributed by atoms with Crippen molar-refractivity contribution < 1.29 is 9.18 Å². The fraction of sp³-hybridized carbons (Fsp3) is 0.320. The van der Waals surface area contributed by atoms with E-state index in [-0.39, 0.29) is 18.0 Å². The standard InChI is InChI=1S/C25H28FN3OS/c1-19(27-25(30)21-9-5-10-22(26)17-21)24(23-11-6-16-31-23)29-14-12-28(13-15-29)18-20-7-3-2-4-8-20/h2-11,16-17,19,24H,12-15,18H2,1H3,(H,27,30)/t19-,24+/m1/s1. The molecule has 0 spiro atoms. The molecule has 4 nitrogen and oxygen atoms in total. The minimum atomic E-state index is -0.398. The van der Waals surface area contributed by atoms with E-state index in [1.807, 2.05) is 13.0 Å². The van der Waals surface area contributed by atoms with Crippen molar-refractivity contribution >= 4 is 17.2 Å². The van der Waals surface area contributed by atoms with Crippen LogP contribution in [0.25, 0.3) is 0 Å². The van der Waals surface area contributed by atoms with E-state index in [1.54, 1.807) is 23.5 Å². The molecular formula is C25H28FN3OS. The summed E-state index contributed by atoms with van der Waals surface area (Å²) in [4.78, 5) is 18.9. The van der Waals surface area contributed by atoms with Crippen LogP contribution in [0.4, 0.5) is 4.39 Å². The minimum Gasteiger partial charge on any atom is -0.348 e. The molecule has 2 atom stereocenters. The van der Waals surface area contributed by atoms with Crippen LogP contribution in [0.5, 0.6) is 0 Å². The van der Waals surface area contributed by atoms with Gasteiger partial charge in [0.25, 0.3) is 5.91 Å². The van der Waals surface area contributed by atoms with E-state index in [4.69, 9.17) is 0 Å². The maximum atomic E-state index is 13.5. The molecule has 6 heteroatoms. The fourth-order valence-electron chi connectivity index (χ4n) is 4.24. The van der Waals surface area contributed by atoms with E-state index in [2.05, 4.69) is 56.9 Å². The number of amides is 1. The van der Waals surface area contributed by atoms with Crippen molar-refractivity contribution in [1.29, 1.82) is 0 Å². The van der Waals surface area contributed by atoms with Crippen molar-refractivity contribution in [3.63, 3.8) is 0 Å². The lowest BCUT2D eigenvalue weighted by Gasteiger charge is -2.41. The second-order valence-electron chi connectivity index (χ2n) is 8.03. The molecule has 31 heavy (non-hydrogen) atoms. The number of nitrogens with one attached hydrogen (secondary N) is 1. The van der Waals surface area contributed by atoms with Gasteiger partial charge in [0, 0.05) is 49.2 Å². The Morgan fingerprint density at radius 2 is 1.81 bits per heavy atom. The predicted molar refractivity (Wildman–Crippen MR) is 124 cm³/mol. The molecule has 0 saturated carbocycles. The molecular weight excluding hydrogens is 409 g/mol. The molecule has 1 aromatic heterocycles. The van der Waals surface area contributed by atoms with E-state index in [0.29, 0.717) is 5.56 Å². The average Bonchev–Trinajstić information content (AvgIpc) is 3.30. The summed E-state index contributed by atoms with van der Waals surface area (Å²) in [5.74, 6) is -0.638. The highest BCUT2D eigenvalue weighted by atomic mass is 32.1. The van der Waals surface area contributed by atoms with Gasteiger partial charge < -0.3 is 5.32 Å². The number of piperazine rings is 1. The first-order valence-electron chi connectivity index (χ1n) is 10.7. The van der Waals surface area contributed by atoms with Gasteiger partial charge in [0.15, 0.2) is 0 Å². The van der Waals surface area contributed by atoms with Gasteiger partial charge in [0.2, 0.25) is 0 Å². The topological polar surface area (TPSA) is 35.6 Å². The molecule has 4 rings (SSSR count). The first-order chi connectivity index (χ1) is 15.1. The summed E-state index contributed by atoms with van der Waals surface area (Å²) in [6.45, 7) is 6.86. The molecule has 0 radical (unpaired) electrons. The van der Waals surface area contributed by atoms with Gasteiger partial charge in [-0.2, -0.15) is 0 Å². The van der Waals surface area contributed by atoms with Crippen LogP contribution >= 0.6 is 11.3 Å². The Balaban J connectivity index is 1.42. The summed E-state index contributed by atoms with van der Waals surface area (Å²) in [6, 6.07) is 20.6. The zero-order valence-electron chi connectivity index (χ0n) is 17.7. The van der Waals surface area contributed by atoms with Gasteiger partial charge in [-0.1, -0.05) is 42.5 Å². The molecule has 0 aliphatic carbocycles. The third-order valence-electron chi connectivity index (χ3n) is 5.80. The van der Waals surface area contributed by atoms with Crippen LogP contribution in [-0.2, 0) is 6.54 Å². The second-order valence-corrected chi connectivity index (χ2v) is 9.01. The number of carbonyl (C=O) groups excluding carboxylic acids is 1. The van der Waals surface area contributed by atoms with E-state index < -0.39 is 5.82 Å². The van der Waals surface area contributed by atoms with Gasteiger partial charge in [-0.3, -0.25) is 14.6 Å². The summed E-state index contributed by atoms with van der Waals surface area (Å²) in [5, 5.41) is 5.18. The normalized spacial score (nSPS) is 17.2. The van der Waals surface area contributed by atoms with E-state index in [1.165, 1.54) is 22.6 Å². The molecule has 1 N–H and O–H groups in total. The van der Waals surface area contributed by atoms with Crippen LogP contribution in [0.2, 0.25) is 0 Å². The number of thiophene rings is 1. The SMILES string of the molecule is C[C@@H](NC(=O)c1cccc(F)c1)[C@@H](c1cccs1)N1CCN(Cc2ccccc2)CC1. The van der Waals surface area contributed by atoms with Gasteiger partial charge in [0.1, 0.15) is 5.82 Å². The van der Waals surface area contributed by atoms with Gasteiger partial charge >= 0.3 is 0 Å². The van der Waals surface area contributed by atoms with E-state index >= 15 is 0 Å². The van der Waals surface area contributed by atoms with Gasteiger partial charge in [-0.15, -0.1) is 11.3 Å². The Morgan fingerprint density at radius 3 is 2.48 bits per heavy atom. The fourth-order valence-corrected chi connectivity index (χ4v) is 5.21. The van der Waals surface area contributed by atoms with Crippen molar-refractivity contribution in [3.05, 3.63) is 93.9 Å². The Kier molecular flexibility index (Phi) is 7.12. The second kappa shape index (κ2) is 10.2. The highest BCUT2D eigenvalue weighted by molar-refractivity contribution is 7.10.